The molecule has 1 aromatic heterocycles. The summed E-state index contributed by atoms with van der Waals surface area (Å²) in [5.74, 6) is 0.272. The molecular weight excluding hydrogens is 418 g/mol. The molecule has 1 heterocycles. The van der Waals surface area contributed by atoms with Gasteiger partial charge in [0.25, 0.3) is 0 Å². The fourth-order valence-corrected chi connectivity index (χ4v) is 5.53. The van der Waals surface area contributed by atoms with Crippen molar-refractivity contribution in [3.05, 3.63) is 80.5 Å². The number of ether oxygens (including phenoxy) is 1. The second-order valence-electron chi connectivity index (χ2n) is 8.54. The summed E-state index contributed by atoms with van der Waals surface area (Å²) in [7, 11) is 1.41. The number of benzene rings is 1. The molecule has 0 saturated heterocycles. The Kier molecular flexibility index (Phi) is 9.08. The van der Waals surface area contributed by atoms with Crippen molar-refractivity contribution in [1.29, 1.82) is 0 Å². The van der Waals surface area contributed by atoms with E-state index in [2.05, 4.69) is 30.0 Å². The van der Waals surface area contributed by atoms with Crippen molar-refractivity contribution in [2.24, 2.45) is 5.92 Å². The Morgan fingerprint density at radius 2 is 2.00 bits per heavy atom. The molecule has 1 N–H and O–H groups in total. The maximum Gasteiger partial charge on any atom is 0.348 e. The van der Waals surface area contributed by atoms with Gasteiger partial charge >= 0.3 is 5.97 Å². The summed E-state index contributed by atoms with van der Waals surface area (Å²) < 4.78 is 4.79. The lowest BCUT2D eigenvalue weighted by Gasteiger charge is -2.22. The average molecular weight is 452 g/mol. The van der Waals surface area contributed by atoms with E-state index in [4.69, 9.17) is 11.3 Å². The summed E-state index contributed by atoms with van der Waals surface area (Å²) >= 11 is 1.50. The molecule has 170 valence electrons. The van der Waals surface area contributed by atoms with Gasteiger partial charge in [-0.15, -0.1) is 11.3 Å². The third kappa shape index (κ3) is 6.09. The molecule has 0 aliphatic heterocycles. The fraction of sp³-hybridized carbons (Fsp3) is 0.481. The lowest BCUT2D eigenvalue weighted by Crippen LogP contribution is -2.10. The lowest BCUT2D eigenvalue weighted by atomic mass is 9.83. The number of esters is 1. The van der Waals surface area contributed by atoms with Gasteiger partial charge in [0.15, 0.2) is 5.70 Å². The van der Waals surface area contributed by atoms with E-state index in [1.807, 2.05) is 24.3 Å². The number of carbonyl (C=O) groups is 1. The number of thiophene rings is 1. The smallest absolute Gasteiger partial charge is 0.348 e. The first-order valence-electron chi connectivity index (χ1n) is 11.6. The number of hydrogen-bond acceptors (Lipinski definition) is 4. The number of carbonyl (C=O) groups excluding carboxylic acids is 1. The number of nitrogens with zero attached hydrogens (tertiary/aromatic N) is 1. The standard InChI is InChI=1S/C27H33NO3S/c1-4-5-6-10-24(29)19-11-13-21(14-12-19)26-20(15-17-23(26)28-2)8-7-9-22-16-18-25(32-22)27(30)31-3/h11-14,16-18,20,24,26,29H,4-10,15H2,1,3H3/t20?,24?,26-/m0/s1. The highest BCUT2D eigenvalue weighted by molar-refractivity contribution is 7.13. The molecule has 0 amide bonds. The van der Waals surface area contributed by atoms with Crippen molar-refractivity contribution in [3.8, 4) is 0 Å². The van der Waals surface area contributed by atoms with Crippen LogP contribution in [0.4, 0.5) is 0 Å². The fourth-order valence-electron chi connectivity index (χ4n) is 4.56. The number of rotatable bonds is 11. The van der Waals surface area contributed by atoms with E-state index >= 15 is 0 Å². The van der Waals surface area contributed by atoms with Crippen LogP contribution in [0.3, 0.4) is 0 Å². The number of aliphatic hydroxyl groups is 1. The quantitative estimate of drug-likeness (QED) is 0.226. The number of aliphatic hydroxyl groups excluding tert-OH is 1. The third-order valence-electron chi connectivity index (χ3n) is 6.36. The molecule has 0 fully saturated rings. The second kappa shape index (κ2) is 12.0. The summed E-state index contributed by atoms with van der Waals surface area (Å²) in [4.78, 5) is 17.3. The molecule has 0 bridgehead atoms. The van der Waals surface area contributed by atoms with Crippen LogP contribution in [0.1, 0.15) is 89.6 Å². The molecule has 4 nitrogen and oxygen atoms in total. The maximum atomic E-state index is 11.6. The van der Waals surface area contributed by atoms with Crippen LogP contribution in [0, 0.1) is 12.5 Å². The molecular formula is C27H33NO3S. The molecule has 0 spiro atoms. The van der Waals surface area contributed by atoms with Crippen molar-refractivity contribution < 1.29 is 14.6 Å². The van der Waals surface area contributed by atoms with Gasteiger partial charge in [-0.25, -0.2) is 9.64 Å². The summed E-state index contributed by atoms with van der Waals surface area (Å²) in [5, 5.41) is 10.4. The van der Waals surface area contributed by atoms with Gasteiger partial charge in [-0.1, -0.05) is 68.5 Å². The topological polar surface area (TPSA) is 50.9 Å². The van der Waals surface area contributed by atoms with Gasteiger partial charge in [-0.05, 0) is 49.3 Å². The minimum absolute atomic E-state index is 0.132. The van der Waals surface area contributed by atoms with Gasteiger partial charge in [-0.3, -0.25) is 0 Å². The predicted octanol–water partition coefficient (Wildman–Crippen LogP) is 7.08. The molecule has 1 aliphatic rings. The predicted molar refractivity (Wildman–Crippen MR) is 130 cm³/mol. The minimum atomic E-state index is -0.411. The van der Waals surface area contributed by atoms with E-state index in [0.717, 1.165) is 62.6 Å². The summed E-state index contributed by atoms with van der Waals surface area (Å²) in [6.07, 6.45) is 9.74. The van der Waals surface area contributed by atoms with Gasteiger partial charge < -0.3 is 9.84 Å². The Morgan fingerprint density at radius 1 is 1.22 bits per heavy atom. The van der Waals surface area contributed by atoms with Gasteiger partial charge in [-0.2, -0.15) is 0 Å². The SMILES string of the molecule is [C-]#[N+]C1=CCC(CCCc2ccc(C(=O)OC)s2)[C@H]1c1ccc(C(O)CCCCC)cc1. The number of methoxy groups -OCH3 is 1. The van der Waals surface area contributed by atoms with Crippen molar-refractivity contribution >= 4 is 17.3 Å². The number of aryl methyl sites for hydroxylation is 1. The molecule has 2 aromatic rings. The molecule has 0 radical (unpaired) electrons. The van der Waals surface area contributed by atoms with Crippen molar-refractivity contribution in [2.45, 2.75) is 70.3 Å². The lowest BCUT2D eigenvalue weighted by molar-refractivity contribution is 0.0606. The van der Waals surface area contributed by atoms with Gasteiger partial charge in [0.05, 0.1) is 19.8 Å². The Hall–Kier alpha value is -2.42. The zero-order chi connectivity index (χ0) is 22.9. The monoisotopic (exact) mass is 451 g/mol. The second-order valence-corrected chi connectivity index (χ2v) is 9.71. The summed E-state index contributed by atoms with van der Waals surface area (Å²) in [5.41, 5.74) is 2.98. The van der Waals surface area contributed by atoms with Crippen molar-refractivity contribution in [3.63, 3.8) is 0 Å². The molecule has 5 heteroatoms. The molecule has 0 saturated carbocycles. The number of unbranched alkanes of at least 4 members (excludes halogenated alkanes) is 2. The largest absolute Gasteiger partial charge is 0.465 e. The van der Waals surface area contributed by atoms with E-state index in [1.54, 1.807) is 0 Å². The Bertz CT molecular complexity index is 954. The Morgan fingerprint density at radius 3 is 2.69 bits per heavy atom. The summed E-state index contributed by atoms with van der Waals surface area (Å²) in [6.45, 7) is 9.79. The van der Waals surface area contributed by atoms with Crippen LogP contribution in [-0.2, 0) is 11.2 Å². The molecule has 2 unspecified atom stereocenters. The zero-order valence-electron chi connectivity index (χ0n) is 19.0. The van der Waals surface area contributed by atoms with Crippen LogP contribution in [-0.4, -0.2) is 18.2 Å². The molecule has 3 rings (SSSR count). The van der Waals surface area contributed by atoms with Crippen LogP contribution in [0.2, 0.25) is 0 Å². The van der Waals surface area contributed by atoms with E-state index in [0.29, 0.717) is 10.8 Å². The van der Waals surface area contributed by atoms with Crippen LogP contribution in [0.5, 0.6) is 0 Å². The Labute approximate surface area is 195 Å². The van der Waals surface area contributed by atoms with E-state index in [-0.39, 0.29) is 11.9 Å². The third-order valence-corrected chi connectivity index (χ3v) is 7.48. The molecule has 1 aromatic carbocycles. The first kappa shape index (κ1) is 24.2. The van der Waals surface area contributed by atoms with E-state index < -0.39 is 6.10 Å². The highest BCUT2D eigenvalue weighted by Gasteiger charge is 2.31. The van der Waals surface area contributed by atoms with Crippen LogP contribution in [0.25, 0.3) is 4.85 Å². The van der Waals surface area contributed by atoms with Gasteiger partial charge in [0.1, 0.15) is 4.88 Å². The van der Waals surface area contributed by atoms with Crippen LogP contribution < -0.4 is 0 Å². The first-order valence-corrected chi connectivity index (χ1v) is 12.4. The van der Waals surface area contributed by atoms with Crippen LogP contribution >= 0.6 is 11.3 Å². The van der Waals surface area contributed by atoms with E-state index in [9.17, 15) is 9.90 Å². The van der Waals surface area contributed by atoms with Crippen molar-refractivity contribution in [1.82, 2.24) is 0 Å². The minimum Gasteiger partial charge on any atom is -0.465 e. The normalized spacial score (nSPS) is 18.8. The zero-order valence-corrected chi connectivity index (χ0v) is 19.9. The number of hydrogen-bond donors (Lipinski definition) is 1. The highest BCUT2D eigenvalue weighted by atomic mass is 32.1. The highest BCUT2D eigenvalue weighted by Crippen LogP contribution is 2.43. The average Bonchev–Trinajstić information content (AvgIpc) is 3.46. The Balaban J connectivity index is 1.60. The van der Waals surface area contributed by atoms with Gasteiger partial charge in [0, 0.05) is 10.8 Å². The molecule has 3 atom stereocenters. The summed E-state index contributed by atoms with van der Waals surface area (Å²) in [6, 6.07) is 12.1. The van der Waals surface area contributed by atoms with E-state index in [1.165, 1.54) is 28.9 Å². The first-order chi connectivity index (χ1) is 15.6. The maximum absolute atomic E-state index is 11.6. The number of allylic oxidation sites excluding steroid dienone is 2. The molecule has 1 aliphatic carbocycles. The van der Waals surface area contributed by atoms with Crippen LogP contribution in [0.15, 0.2) is 48.2 Å². The van der Waals surface area contributed by atoms with Crippen molar-refractivity contribution in [2.75, 3.05) is 7.11 Å². The molecule has 32 heavy (non-hydrogen) atoms. The van der Waals surface area contributed by atoms with Gasteiger partial charge in [0.2, 0.25) is 0 Å².